The van der Waals surface area contributed by atoms with Gasteiger partial charge in [0.05, 0.1) is 16.4 Å². The zero-order valence-electron chi connectivity index (χ0n) is 6.82. The van der Waals surface area contributed by atoms with Crippen molar-refractivity contribution in [3.05, 3.63) is 39.4 Å². The molecule has 0 amide bonds. The molecule has 0 aliphatic rings. The van der Waals surface area contributed by atoms with E-state index in [4.69, 9.17) is 0 Å². The number of hydrogen-bond acceptors (Lipinski definition) is 5. The summed E-state index contributed by atoms with van der Waals surface area (Å²) in [5.41, 5.74) is 0.312. The Labute approximate surface area is 77.0 Å². The third-order valence-corrected chi connectivity index (χ3v) is 1.77. The summed E-state index contributed by atoms with van der Waals surface area (Å²) in [7, 11) is 0. The van der Waals surface area contributed by atoms with Crippen molar-refractivity contribution in [3.8, 4) is 0 Å². The van der Waals surface area contributed by atoms with E-state index in [2.05, 4.69) is 10.4 Å². The SMILES string of the molecule is O=Nn1cc2ccc([N+](=O)[O-])cc2n1. The fraction of sp³-hybridized carbons (Fsp3) is 0. The highest BCUT2D eigenvalue weighted by Crippen LogP contribution is 2.19. The third-order valence-electron chi connectivity index (χ3n) is 1.77. The van der Waals surface area contributed by atoms with E-state index in [1.807, 2.05) is 0 Å². The zero-order chi connectivity index (χ0) is 10.1. The normalized spacial score (nSPS) is 10.3. The highest BCUT2D eigenvalue weighted by atomic mass is 16.6. The zero-order valence-corrected chi connectivity index (χ0v) is 6.82. The Bertz CT molecular complexity index is 519. The summed E-state index contributed by atoms with van der Waals surface area (Å²) in [6.45, 7) is 0. The van der Waals surface area contributed by atoms with E-state index in [9.17, 15) is 15.0 Å². The van der Waals surface area contributed by atoms with Crippen LogP contribution in [-0.4, -0.2) is 14.8 Å². The lowest BCUT2D eigenvalue weighted by Gasteiger charge is -1.88. The standard InChI is InChI=1S/C7H4N4O3/c12-9-10-4-5-1-2-6(11(13)14)3-7(5)8-10/h1-4H. The minimum atomic E-state index is -0.521. The van der Waals surface area contributed by atoms with Gasteiger partial charge in [0, 0.05) is 17.5 Å². The minimum Gasteiger partial charge on any atom is -0.258 e. The highest BCUT2D eigenvalue weighted by molar-refractivity contribution is 5.80. The maximum Gasteiger partial charge on any atom is 0.271 e. The van der Waals surface area contributed by atoms with Crippen LogP contribution in [0.4, 0.5) is 5.69 Å². The topological polar surface area (TPSA) is 90.4 Å². The van der Waals surface area contributed by atoms with Crippen molar-refractivity contribution in [2.45, 2.75) is 0 Å². The number of aromatic nitrogens is 2. The Kier molecular flexibility index (Phi) is 1.70. The van der Waals surface area contributed by atoms with Gasteiger partial charge in [0.1, 0.15) is 5.52 Å². The molecule has 14 heavy (non-hydrogen) atoms. The Morgan fingerprint density at radius 2 is 2.29 bits per heavy atom. The van der Waals surface area contributed by atoms with Crippen LogP contribution in [0, 0.1) is 15.0 Å². The van der Waals surface area contributed by atoms with Gasteiger partial charge in [-0.1, -0.05) is 0 Å². The number of non-ortho nitro benzene ring substituents is 1. The smallest absolute Gasteiger partial charge is 0.258 e. The van der Waals surface area contributed by atoms with E-state index in [0.29, 0.717) is 10.9 Å². The number of nitroso groups, excluding NO2 is 1. The van der Waals surface area contributed by atoms with Crippen LogP contribution in [0.25, 0.3) is 10.9 Å². The number of fused-ring (bicyclic) bond motifs is 1. The van der Waals surface area contributed by atoms with Crippen LogP contribution in [-0.2, 0) is 0 Å². The number of nitrogens with zero attached hydrogens (tertiary/aromatic N) is 4. The van der Waals surface area contributed by atoms with E-state index in [1.54, 1.807) is 0 Å². The third kappa shape index (κ3) is 1.20. The second kappa shape index (κ2) is 2.87. The van der Waals surface area contributed by atoms with E-state index >= 15 is 0 Å². The van der Waals surface area contributed by atoms with Gasteiger partial charge in [-0.15, -0.1) is 14.8 Å². The molecule has 1 aromatic heterocycles. The number of hydrogen-bond donors (Lipinski definition) is 0. The van der Waals surface area contributed by atoms with Crippen LogP contribution in [0.5, 0.6) is 0 Å². The molecule has 0 spiro atoms. The lowest BCUT2D eigenvalue weighted by atomic mass is 10.2. The summed E-state index contributed by atoms with van der Waals surface area (Å²) in [5, 5.41) is 17.3. The van der Waals surface area contributed by atoms with Gasteiger partial charge < -0.3 is 0 Å². The number of benzene rings is 1. The monoisotopic (exact) mass is 192 g/mol. The molecule has 0 N–H and O–H groups in total. The van der Waals surface area contributed by atoms with Crippen molar-refractivity contribution in [1.29, 1.82) is 0 Å². The maximum absolute atomic E-state index is 10.4. The predicted octanol–water partition coefficient (Wildman–Crippen LogP) is 1.47. The maximum atomic E-state index is 10.4. The molecule has 1 heterocycles. The van der Waals surface area contributed by atoms with Gasteiger partial charge in [0.25, 0.3) is 5.69 Å². The fourth-order valence-corrected chi connectivity index (χ4v) is 1.15. The first-order valence-electron chi connectivity index (χ1n) is 3.68. The molecule has 1 aromatic carbocycles. The van der Waals surface area contributed by atoms with Crippen LogP contribution >= 0.6 is 0 Å². The summed E-state index contributed by atoms with van der Waals surface area (Å²) in [4.78, 5) is 20.8. The number of rotatable bonds is 2. The molecule has 2 aromatic rings. The Balaban J connectivity index is 2.65. The average molecular weight is 192 g/mol. The van der Waals surface area contributed by atoms with Gasteiger partial charge in [-0.25, -0.2) is 0 Å². The summed E-state index contributed by atoms with van der Waals surface area (Å²) >= 11 is 0. The lowest BCUT2D eigenvalue weighted by molar-refractivity contribution is -0.384. The summed E-state index contributed by atoms with van der Waals surface area (Å²) in [6, 6.07) is 4.15. The van der Waals surface area contributed by atoms with Crippen molar-refractivity contribution >= 4 is 16.6 Å². The van der Waals surface area contributed by atoms with Crippen molar-refractivity contribution in [2.75, 3.05) is 0 Å². The number of nitro benzene ring substituents is 1. The molecule has 0 unspecified atom stereocenters. The van der Waals surface area contributed by atoms with Crippen LogP contribution < -0.4 is 0 Å². The summed E-state index contributed by atoms with van der Waals surface area (Å²) in [5.74, 6) is 0. The Morgan fingerprint density at radius 3 is 2.93 bits per heavy atom. The van der Waals surface area contributed by atoms with E-state index in [0.717, 1.165) is 4.79 Å². The van der Waals surface area contributed by atoms with E-state index < -0.39 is 4.92 Å². The molecule has 7 heteroatoms. The number of nitro groups is 1. The molecule has 0 radical (unpaired) electrons. The largest absolute Gasteiger partial charge is 0.271 e. The molecule has 0 atom stereocenters. The Morgan fingerprint density at radius 1 is 1.50 bits per heavy atom. The lowest BCUT2D eigenvalue weighted by Crippen LogP contribution is -1.87. The summed E-state index contributed by atoms with van der Waals surface area (Å²) < 4.78 is 0. The van der Waals surface area contributed by atoms with Crippen LogP contribution in [0.1, 0.15) is 0 Å². The average Bonchev–Trinajstić information content (AvgIpc) is 2.58. The fourth-order valence-electron chi connectivity index (χ4n) is 1.15. The molecule has 70 valence electrons. The quantitative estimate of drug-likeness (QED) is 0.409. The molecule has 0 saturated heterocycles. The molecular formula is C7H4N4O3. The second-order valence-electron chi connectivity index (χ2n) is 2.63. The van der Waals surface area contributed by atoms with Gasteiger partial charge in [-0.2, -0.15) is 0 Å². The Hall–Kier alpha value is -2.31. The molecular weight excluding hydrogens is 188 g/mol. The molecule has 0 saturated carbocycles. The van der Waals surface area contributed by atoms with Gasteiger partial charge in [-0.05, 0) is 6.07 Å². The molecule has 0 aliphatic carbocycles. The van der Waals surface area contributed by atoms with E-state index in [1.165, 1.54) is 24.4 Å². The van der Waals surface area contributed by atoms with Gasteiger partial charge in [0.2, 0.25) is 0 Å². The van der Waals surface area contributed by atoms with Gasteiger partial charge in [0.15, 0.2) is 0 Å². The van der Waals surface area contributed by atoms with Crippen LogP contribution in [0.3, 0.4) is 0 Å². The van der Waals surface area contributed by atoms with E-state index in [-0.39, 0.29) is 5.69 Å². The molecule has 0 bridgehead atoms. The van der Waals surface area contributed by atoms with Gasteiger partial charge in [-0.3, -0.25) is 10.1 Å². The summed E-state index contributed by atoms with van der Waals surface area (Å²) in [6.07, 6.45) is 1.39. The first kappa shape index (κ1) is 8.30. The van der Waals surface area contributed by atoms with Crippen molar-refractivity contribution in [3.63, 3.8) is 0 Å². The second-order valence-corrected chi connectivity index (χ2v) is 2.63. The first-order chi connectivity index (χ1) is 6.70. The minimum absolute atomic E-state index is 0.0614. The van der Waals surface area contributed by atoms with Crippen LogP contribution in [0.2, 0.25) is 0 Å². The molecule has 0 aliphatic heterocycles. The molecule has 0 fully saturated rings. The van der Waals surface area contributed by atoms with Crippen molar-refractivity contribution in [1.82, 2.24) is 9.89 Å². The molecule has 2 rings (SSSR count). The van der Waals surface area contributed by atoms with Gasteiger partial charge >= 0.3 is 0 Å². The first-order valence-corrected chi connectivity index (χ1v) is 3.68. The molecule has 7 nitrogen and oxygen atoms in total. The highest BCUT2D eigenvalue weighted by Gasteiger charge is 2.08. The predicted molar refractivity (Wildman–Crippen MR) is 47.6 cm³/mol. The van der Waals surface area contributed by atoms with Crippen LogP contribution in [0.15, 0.2) is 29.7 Å². The van der Waals surface area contributed by atoms with Crippen molar-refractivity contribution in [2.24, 2.45) is 5.29 Å². The van der Waals surface area contributed by atoms with Crippen molar-refractivity contribution < 1.29 is 4.92 Å².